The zero-order valence-corrected chi connectivity index (χ0v) is 29.0. The van der Waals surface area contributed by atoms with Crippen molar-refractivity contribution in [1.29, 1.82) is 0 Å². The average Bonchev–Trinajstić information content (AvgIpc) is 3.80. The van der Waals surface area contributed by atoms with Gasteiger partial charge in [0.15, 0.2) is 0 Å². The maximum atomic E-state index is 4.51. The molecule has 0 radical (unpaired) electrons. The Balaban J connectivity index is 0.809. The van der Waals surface area contributed by atoms with E-state index < -0.39 is 0 Å². The van der Waals surface area contributed by atoms with Crippen LogP contribution in [0, 0.1) is 0 Å². The Morgan fingerprint density at radius 2 is 1.48 bits per heavy atom. The molecule has 1 unspecified atom stereocenters. The lowest BCUT2D eigenvalue weighted by atomic mass is 9.88. The summed E-state index contributed by atoms with van der Waals surface area (Å²) in [5, 5.41) is 12.4. The molecule has 50 heavy (non-hydrogen) atoms. The lowest BCUT2D eigenvalue weighted by Crippen LogP contribution is -2.47. The van der Waals surface area contributed by atoms with E-state index in [1.807, 2.05) is 18.2 Å². The number of hydrogen-bond acceptors (Lipinski definition) is 6. The average molecular weight is 662 g/mol. The van der Waals surface area contributed by atoms with Crippen LogP contribution in [0.15, 0.2) is 116 Å². The number of rotatable bonds is 6. The molecule has 5 aromatic rings. The third kappa shape index (κ3) is 5.77. The van der Waals surface area contributed by atoms with Crippen LogP contribution in [-0.2, 0) is 6.42 Å². The molecule has 3 aromatic carbocycles. The van der Waals surface area contributed by atoms with Gasteiger partial charge in [-0.25, -0.2) is 0 Å². The van der Waals surface area contributed by atoms with E-state index in [1.165, 1.54) is 67.0 Å². The third-order valence-electron chi connectivity index (χ3n) is 11.9. The van der Waals surface area contributed by atoms with Gasteiger partial charge in [-0.05, 0) is 106 Å². The van der Waals surface area contributed by atoms with Crippen molar-refractivity contribution in [3.8, 4) is 16.9 Å². The Hall–Kier alpha value is -4.88. The number of anilines is 2. The number of nitrogens with one attached hydrogen (secondary N) is 1. The Bertz CT molecular complexity index is 2010. The summed E-state index contributed by atoms with van der Waals surface area (Å²) >= 11 is 0. The molecule has 1 N–H and O–H groups in total. The van der Waals surface area contributed by atoms with Crippen LogP contribution in [0.25, 0.3) is 28.0 Å². The van der Waals surface area contributed by atoms with Crippen molar-refractivity contribution in [3.05, 3.63) is 127 Å². The number of aromatic nitrogens is 3. The smallest absolute Gasteiger partial charge is 0.111 e. The summed E-state index contributed by atoms with van der Waals surface area (Å²) in [7, 11) is 0. The van der Waals surface area contributed by atoms with Gasteiger partial charge in [-0.15, -0.1) is 10.2 Å². The number of allylic oxidation sites excluding steroid dienone is 1. The maximum absolute atomic E-state index is 4.51. The Morgan fingerprint density at radius 3 is 2.26 bits per heavy atom. The molecule has 0 saturated carbocycles. The monoisotopic (exact) mass is 661 g/mol. The predicted molar refractivity (Wildman–Crippen MR) is 205 cm³/mol. The maximum Gasteiger partial charge on any atom is 0.111 e. The predicted octanol–water partition coefficient (Wildman–Crippen LogP) is 8.08. The molecule has 0 amide bonds. The normalized spacial score (nSPS) is 20.8. The lowest BCUT2D eigenvalue weighted by molar-refractivity contribution is 0.132. The SMILES string of the molecule is C=C1CCC(N2CCc3c(N4CCC(N5CCC(c6ccc(-n7ccc8nnc(-c9ccccc9)cc87)cc6)CC5)CC4)cccc32)C(=C)N1. The second-order valence-electron chi connectivity index (χ2n) is 14.7. The Morgan fingerprint density at radius 1 is 0.700 bits per heavy atom. The summed E-state index contributed by atoms with van der Waals surface area (Å²) in [4.78, 5) is 8.06. The Labute approximate surface area is 295 Å². The minimum Gasteiger partial charge on any atom is -0.371 e. The van der Waals surface area contributed by atoms with Crippen molar-refractivity contribution in [2.24, 2.45) is 0 Å². The second kappa shape index (κ2) is 13.1. The highest BCUT2D eigenvalue weighted by molar-refractivity contribution is 5.81. The van der Waals surface area contributed by atoms with E-state index in [1.54, 1.807) is 0 Å². The number of fused-ring (bicyclic) bond motifs is 2. The highest BCUT2D eigenvalue weighted by atomic mass is 15.2. The standard InChI is InChI=1S/C43H47N7/c1-30-11-16-40(31(2)44-30)50-27-21-37-41(9-6-10-42(37)50)48-25-19-35(20-26-48)47-23-17-33(18-24-47)32-12-14-36(15-13-32)49-28-22-38-43(49)29-39(46-45-38)34-7-4-3-5-8-34/h3-10,12-15,22,28-29,33,35,40,44H,1-2,11,16-21,23-27H2. The molecular weight excluding hydrogens is 615 g/mol. The van der Waals surface area contributed by atoms with Gasteiger partial charge in [0.1, 0.15) is 5.52 Å². The van der Waals surface area contributed by atoms with Gasteiger partial charge in [-0.3, -0.25) is 0 Å². The molecule has 2 aromatic heterocycles. The van der Waals surface area contributed by atoms with E-state index in [9.17, 15) is 0 Å². The summed E-state index contributed by atoms with van der Waals surface area (Å²) < 4.78 is 2.23. The van der Waals surface area contributed by atoms with Gasteiger partial charge < -0.3 is 24.6 Å². The first-order valence-electron chi connectivity index (χ1n) is 18.6. The zero-order chi connectivity index (χ0) is 33.6. The Kier molecular flexibility index (Phi) is 8.16. The van der Waals surface area contributed by atoms with Crippen LogP contribution in [0.2, 0.25) is 0 Å². The van der Waals surface area contributed by atoms with Gasteiger partial charge >= 0.3 is 0 Å². The van der Waals surface area contributed by atoms with E-state index in [4.69, 9.17) is 0 Å². The van der Waals surface area contributed by atoms with Gasteiger partial charge in [0.05, 0.1) is 17.3 Å². The van der Waals surface area contributed by atoms with E-state index in [2.05, 4.69) is 121 Å². The summed E-state index contributed by atoms with van der Waals surface area (Å²) in [5.41, 5.74) is 13.2. The highest BCUT2D eigenvalue weighted by Gasteiger charge is 2.34. The van der Waals surface area contributed by atoms with Crippen molar-refractivity contribution in [3.63, 3.8) is 0 Å². The molecule has 4 aliphatic rings. The molecule has 3 saturated heterocycles. The zero-order valence-electron chi connectivity index (χ0n) is 29.0. The summed E-state index contributed by atoms with van der Waals surface area (Å²) in [5.74, 6) is 0.626. The van der Waals surface area contributed by atoms with E-state index >= 15 is 0 Å². The first-order chi connectivity index (χ1) is 24.6. The van der Waals surface area contributed by atoms with E-state index in [-0.39, 0.29) is 0 Å². The molecule has 4 aliphatic heterocycles. The fraction of sp³-hybridized carbons (Fsp3) is 0.349. The van der Waals surface area contributed by atoms with Gasteiger partial charge in [0.25, 0.3) is 0 Å². The minimum absolute atomic E-state index is 0.354. The van der Waals surface area contributed by atoms with E-state index in [0.29, 0.717) is 18.0 Å². The molecule has 0 aliphatic carbocycles. The lowest BCUT2D eigenvalue weighted by Gasteiger charge is -2.43. The van der Waals surface area contributed by atoms with Crippen LogP contribution in [0.5, 0.6) is 0 Å². The topological polar surface area (TPSA) is 52.5 Å². The minimum atomic E-state index is 0.354. The molecule has 254 valence electrons. The summed E-state index contributed by atoms with van der Waals surface area (Å²) in [6.45, 7) is 14.2. The molecule has 1 atom stereocenters. The van der Waals surface area contributed by atoms with Crippen molar-refractivity contribution >= 4 is 22.4 Å². The van der Waals surface area contributed by atoms with Crippen LogP contribution in [-0.4, -0.2) is 64.5 Å². The van der Waals surface area contributed by atoms with Crippen LogP contribution in [0.3, 0.4) is 0 Å². The molecule has 6 heterocycles. The fourth-order valence-corrected chi connectivity index (χ4v) is 9.14. The first-order valence-corrected chi connectivity index (χ1v) is 18.6. The fourth-order valence-electron chi connectivity index (χ4n) is 9.14. The van der Waals surface area contributed by atoms with Crippen LogP contribution in [0.1, 0.15) is 55.6 Å². The molecule has 0 bridgehead atoms. The van der Waals surface area contributed by atoms with Crippen molar-refractivity contribution in [2.75, 3.05) is 42.5 Å². The summed E-state index contributed by atoms with van der Waals surface area (Å²) in [6.07, 6.45) is 10.3. The molecule has 7 nitrogen and oxygen atoms in total. The van der Waals surface area contributed by atoms with Crippen molar-refractivity contribution in [1.82, 2.24) is 25.0 Å². The van der Waals surface area contributed by atoms with Crippen LogP contribution >= 0.6 is 0 Å². The number of nitrogens with zero attached hydrogens (tertiary/aromatic N) is 6. The van der Waals surface area contributed by atoms with Crippen LogP contribution in [0.4, 0.5) is 11.4 Å². The van der Waals surface area contributed by atoms with Crippen molar-refractivity contribution in [2.45, 2.75) is 62.9 Å². The van der Waals surface area contributed by atoms with Gasteiger partial charge in [0.2, 0.25) is 0 Å². The third-order valence-corrected chi connectivity index (χ3v) is 11.9. The number of likely N-dealkylation sites (tertiary alicyclic amines) is 1. The first kappa shape index (κ1) is 31.1. The number of hydrogen-bond donors (Lipinski definition) is 1. The highest BCUT2D eigenvalue weighted by Crippen LogP contribution is 2.40. The second-order valence-corrected chi connectivity index (χ2v) is 14.7. The quantitative estimate of drug-likeness (QED) is 0.199. The van der Waals surface area contributed by atoms with Gasteiger partial charge in [-0.2, -0.15) is 0 Å². The van der Waals surface area contributed by atoms with Crippen LogP contribution < -0.4 is 15.1 Å². The molecular formula is C43H47N7. The largest absolute Gasteiger partial charge is 0.371 e. The molecule has 0 spiro atoms. The molecule has 7 heteroatoms. The molecule has 3 fully saturated rings. The number of benzene rings is 3. The van der Waals surface area contributed by atoms with Gasteiger partial charge in [-0.1, -0.05) is 61.7 Å². The number of piperidine rings is 3. The molecule has 9 rings (SSSR count). The van der Waals surface area contributed by atoms with Crippen molar-refractivity contribution < 1.29 is 0 Å². The van der Waals surface area contributed by atoms with E-state index in [0.717, 1.165) is 72.6 Å². The summed E-state index contributed by atoms with van der Waals surface area (Å²) in [6, 6.07) is 31.7. The van der Waals surface area contributed by atoms with Gasteiger partial charge in [0, 0.05) is 71.5 Å².